The minimum absolute atomic E-state index is 0.239. The summed E-state index contributed by atoms with van der Waals surface area (Å²) in [6.45, 7) is 12.0. The van der Waals surface area contributed by atoms with Crippen LogP contribution in [-0.2, 0) is 4.74 Å². The van der Waals surface area contributed by atoms with Crippen molar-refractivity contribution in [2.45, 2.75) is 52.7 Å². The van der Waals surface area contributed by atoms with Gasteiger partial charge in [-0.25, -0.2) is 4.79 Å². The summed E-state index contributed by atoms with van der Waals surface area (Å²) in [7, 11) is 0. The molecule has 124 valence electrons. The van der Waals surface area contributed by atoms with E-state index in [0.717, 1.165) is 13.0 Å². The molecule has 0 aliphatic rings. The van der Waals surface area contributed by atoms with E-state index in [1.54, 1.807) is 17.3 Å². The fourth-order valence-corrected chi connectivity index (χ4v) is 2.06. The van der Waals surface area contributed by atoms with Gasteiger partial charge in [0.25, 0.3) is 0 Å². The third-order valence-corrected chi connectivity index (χ3v) is 3.29. The normalized spacial score (nSPS) is 12.8. The van der Waals surface area contributed by atoms with Gasteiger partial charge in [-0.15, -0.1) is 0 Å². The summed E-state index contributed by atoms with van der Waals surface area (Å²) in [5.74, 6) is 0. The Bertz CT molecular complexity index is 443. The summed E-state index contributed by atoms with van der Waals surface area (Å²) in [6, 6.07) is 4.30. The van der Waals surface area contributed by atoms with Crippen LogP contribution in [0.4, 0.5) is 4.79 Å². The highest BCUT2D eigenvalue weighted by Crippen LogP contribution is 2.11. The van der Waals surface area contributed by atoms with E-state index in [0.29, 0.717) is 13.1 Å². The van der Waals surface area contributed by atoms with Crippen LogP contribution in [0.5, 0.6) is 0 Å². The lowest BCUT2D eigenvalue weighted by Gasteiger charge is -2.26. The molecule has 0 aliphatic heterocycles. The minimum Gasteiger partial charge on any atom is -0.444 e. The highest BCUT2D eigenvalue weighted by atomic mass is 16.6. The Morgan fingerprint density at radius 2 is 2.00 bits per heavy atom. The lowest BCUT2D eigenvalue weighted by Crippen LogP contribution is -2.38. The third kappa shape index (κ3) is 6.89. The van der Waals surface area contributed by atoms with Gasteiger partial charge in [0.1, 0.15) is 5.60 Å². The molecule has 22 heavy (non-hydrogen) atoms. The first-order chi connectivity index (χ1) is 10.3. The lowest BCUT2D eigenvalue weighted by molar-refractivity contribution is 0.0258. The van der Waals surface area contributed by atoms with Crippen LogP contribution in [0.25, 0.3) is 0 Å². The number of amides is 1. The highest BCUT2D eigenvalue weighted by molar-refractivity contribution is 5.68. The molecule has 1 heterocycles. The molecule has 0 fully saturated rings. The van der Waals surface area contributed by atoms with Gasteiger partial charge in [0.05, 0.1) is 0 Å². The van der Waals surface area contributed by atoms with Crippen molar-refractivity contribution in [3.8, 4) is 0 Å². The predicted octanol–water partition coefficient (Wildman–Crippen LogP) is 3.38. The molecule has 5 nitrogen and oxygen atoms in total. The third-order valence-electron chi connectivity index (χ3n) is 3.29. The molecule has 1 rings (SSSR count). The number of carbonyl (C=O) groups is 1. The largest absolute Gasteiger partial charge is 0.444 e. The number of hydrogen-bond donors (Lipinski definition) is 1. The lowest BCUT2D eigenvalue weighted by atomic mass is 10.1. The van der Waals surface area contributed by atoms with E-state index in [2.05, 4.69) is 17.2 Å². The monoisotopic (exact) mass is 307 g/mol. The number of pyridine rings is 1. The Balaban J connectivity index is 2.31. The average Bonchev–Trinajstić information content (AvgIpc) is 2.46. The number of hydrogen-bond acceptors (Lipinski definition) is 4. The van der Waals surface area contributed by atoms with Gasteiger partial charge in [-0.2, -0.15) is 0 Å². The first-order valence-electron chi connectivity index (χ1n) is 7.94. The summed E-state index contributed by atoms with van der Waals surface area (Å²) in [5.41, 5.74) is 0.771. The summed E-state index contributed by atoms with van der Waals surface area (Å²) in [4.78, 5) is 17.8. The number of ether oxygens (including phenoxy) is 1. The number of carbonyl (C=O) groups excluding carboxylic acids is 1. The van der Waals surface area contributed by atoms with E-state index in [4.69, 9.17) is 4.74 Å². The second kappa shape index (κ2) is 8.73. The Morgan fingerprint density at radius 1 is 1.36 bits per heavy atom. The SMILES string of the molecule is CCN(CCCNC(C)c1ccncc1)C(=O)OC(C)(C)C. The number of aromatic nitrogens is 1. The van der Waals surface area contributed by atoms with Crippen molar-refractivity contribution in [1.82, 2.24) is 15.2 Å². The van der Waals surface area contributed by atoms with Crippen molar-refractivity contribution in [3.05, 3.63) is 30.1 Å². The van der Waals surface area contributed by atoms with Crippen molar-refractivity contribution in [2.75, 3.05) is 19.6 Å². The van der Waals surface area contributed by atoms with Crippen LogP contribution >= 0.6 is 0 Å². The molecule has 0 aromatic carbocycles. The molecule has 0 saturated carbocycles. The van der Waals surface area contributed by atoms with Gasteiger partial charge in [0.2, 0.25) is 0 Å². The zero-order chi connectivity index (χ0) is 16.6. The maximum atomic E-state index is 12.0. The van der Waals surface area contributed by atoms with Crippen molar-refractivity contribution in [1.29, 1.82) is 0 Å². The first-order valence-corrected chi connectivity index (χ1v) is 7.94. The first kappa shape index (κ1) is 18.4. The summed E-state index contributed by atoms with van der Waals surface area (Å²) < 4.78 is 5.40. The van der Waals surface area contributed by atoms with Crippen molar-refractivity contribution >= 4 is 6.09 Å². The fourth-order valence-electron chi connectivity index (χ4n) is 2.06. The summed E-state index contributed by atoms with van der Waals surface area (Å²) in [6.07, 6.45) is 4.25. The highest BCUT2D eigenvalue weighted by Gasteiger charge is 2.20. The molecule has 0 bridgehead atoms. The van der Waals surface area contributed by atoms with E-state index in [9.17, 15) is 4.79 Å². The smallest absolute Gasteiger partial charge is 0.410 e. The molecule has 1 N–H and O–H groups in total. The molecular formula is C17H29N3O2. The Labute approximate surface area is 134 Å². The van der Waals surface area contributed by atoms with Crippen molar-refractivity contribution in [2.24, 2.45) is 0 Å². The van der Waals surface area contributed by atoms with Crippen LogP contribution < -0.4 is 5.32 Å². The van der Waals surface area contributed by atoms with Gasteiger partial charge >= 0.3 is 6.09 Å². The van der Waals surface area contributed by atoms with E-state index in [1.807, 2.05) is 39.8 Å². The van der Waals surface area contributed by atoms with E-state index in [1.165, 1.54) is 5.56 Å². The van der Waals surface area contributed by atoms with Crippen LogP contribution in [0.3, 0.4) is 0 Å². The van der Waals surface area contributed by atoms with Crippen LogP contribution in [0.1, 0.15) is 52.6 Å². The van der Waals surface area contributed by atoms with Crippen molar-refractivity contribution < 1.29 is 9.53 Å². The van der Waals surface area contributed by atoms with Gasteiger partial charge in [0, 0.05) is 31.5 Å². The second-order valence-corrected chi connectivity index (χ2v) is 6.37. The topological polar surface area (TPSA) is 54.5 Å². The molecule has 1 aromatic heterocycles. The van der Waals surface area contributed by atoms with Gasteiger partial charge < -0.3 is 15.0 Å². The molecule has 0 saturated heterocycles. The fraction of sp³-hybridized carbons (Fsp3) is 0.647. The molecule has 1 unspecified atom stereocenters. The summed E-state index contributed by atoms with van der Waals surface area (Å²) in [5, 5.41) is 3.46. The van der Waals surface area contributed by atoms with E-state index < -0.39 is 5.60 Å². The number of rotatable bonds is 7. The molecule has 1 aromatic rings. The maximum absolute atomic E-state index is 12.0. The maximum Gasteiger partial charge on any atom is 0.410 e. The molecular weight excluding hydrogens is 278 g/mol. The average molecular weight is 307 g/mol. The molecule has 0 aliphatic carbocycles. The Kier molecular flexibility index (Phi) is 7.32. The van der Waals surface area contributed by atoms with Crippen LogP contribution in [0.2, 0.25) is 0 Å². The van der Waals surface area contributed by atoms with Crippen LogP contribution in [0.15, 0.2) is 24.5 Å². The molecule has 1 atom stereocenters. The zero-order valence-electron chi connectivity index (χ0n) is 14.4. The quantitative estimate of drug-likeness (QED) is 0.785. The van der Waals surface area contributed by atoms with Gasteiger partial charge in [-0.05, 0) is 65.3 Å². The Morgan fingerprint density at radius 3 is 2.55 bits per heavy atom. The van der Waals surface area contributed by atoms with Gasteiger partial charge in [-0.1, -0.05) is 0 Å². The standard InChI is InChI=1S/C17H29N3O2/c1-6-20(16(21)22-17(3,4)5)13-7-10-19-14(2)15-8-11-18-12-9-15/h8-9,11-12,14,19H,6-7,10,13H2,1-5H3. The predicted molar refractivity (Wildman–Crippen MR) is 88.8 cm³/mol. The summed E-state index contributed by atoms with van der Waals surface area (Å²) >= 11 is 0. The number of nitrogens with one attached hydrogen (secondary N) is 1. The molecule has 5 heteroatoms. The van der Waals surface area contributed by atoms with Gasteiger partial charge in [-0.3, -0.25) is 4.98 Å². The van der Waals surface area contributed by atoms with Crippen LogP contribution in [-0.4, -0.2) is 41.2 Å². The molecule has 1 amide bonds. The van der Waals surface area contributed by atoms with Crippen LogP contribution in [0, 0.1) is 0 Å². The Hall–Kier alpha value is -1.62. The molecule has 0 spiro atoms. The van der Waals surface area contributed by atoms with E-state index in [-0.39, 0.29) is 12.1 Å². The second-order valence-electron chi connectivity index (χ2n) is 6.37. The van der Waals surface area contributed by atoms with E-state index >= 15 is 0 Å². The zero-order valence-corrected chi connectivity index (χ0v) is 14.4. The molecule has 0 radical (unpaired) electrons. The minimum atomic E-state index is -0.446. The van der Waals surface area contributed by atoms with Gasteiger partial charge in [0.15, 0.2) is 0 Å². The van der Waals surface area contributed by atoms with Crippen molar-refractivity contribution in [3.63, 3.8) is 0 Å². The number of nitrogens with zero attached hydrogens (tertiary/aromatic N) is 2.